The minimum absolute atomic E-state index is 0.0494. The van der Waals surface area contributed by atoms with Crippen LogP contribution in [0.25, 0.3) is 0 Å². The van der Waals surface area contributed by atoms with Crippen molar-refractivity contribution >= 4 is 27.4 Å². The number of nitrogens with one attached hydrogen (secondary N) is 1. The van der Waals surface area contributed by atoms with Crippen molar-refractivity contribution in [2.45, 2.75) is 32.7 Å². The topological polar surface area (TPSA) is 46.9 Å². The van der Waals surface area contributed by atoms with Crippen LogP contribution in [0.3, 0.4) is 0 Å². The maximum atomic E-state index is 13.0. The first kappa shape index (κ1) is 14.3. The molecular weight excluding hydrogens is 330 g/mol. The molecule has 1 aromatic carbocycles. The average molecular weight is 348 g/mol. The highest BCUT2D eigenvalue weighted by molar-refractivity contribution is 9.10. The van der Waals surface area contributed by atoms with Gasteiger partial charge in [0, 0.05) is 24.3 Å². The third-order valence-corrected chi connectivity index (χ3v) is 4.37. The van der Waals surface area contributed by atoms with Crippen LogP contribution in [-0.2, 0) is 13.0 Å². The van der Waals surface area contributed by atoms with E-state index in [2.05, 4.69) is 33.3 Å². The van der Waals surface area contributed by atoms with Gasteiger partial charge in [-0.25, -0.2) is 0 Å². The molecule has 0 radical (unpaired) electrons. The molecular formula is C16H18BrN3O. The fraction of sp³-hybridized carbons (Fsp3) is 0.375. The Balaban J connectivity index is 2.05. The zero-order valence-corrected chi connectivity index (χ0v) is 13.6. The fourth-order valence-electron chi connectivity index (χ4n) is 2.82. The van der Waals surface area contributed by atoms with E-state index >= 15 is 0 Å². The van der Waals surface area contributed by atoms with Crippen LogP contribution in [0, 0.1) is 0 Å². The molecule has 0 fully saturated rings. The number of nitrogens with zero attached hydrogens (tertiary/aromatic N) is 2. The van der Waals surface area contributed by atoms with E-state index in [4.69, 9.17) is 0 Å². The second-order valence-electron chi connectivity index (χ2n) is 5.26. The number of aryl methyl sites for hydroxylation is 1. The quantitative estimate of drug-likeness (QED) is 0.858. The molecule has 5 heteroatoms. The van der Waals surface area contributed by atoms with E-state index in [1.807, 2.05) is 18.2 Å². The van der Waals surface area contributed by atoms with Gasteiger partial charge in [0.25, 0.3) is 0 Å². The number of anilines is 1. The van der Waals surface area contributed by atoms with E-state index in [-0.39, 0.29) is 5.78 Å². The van der Waals surface area contributed by atoms with Crippen molar-refractivity contribution in [3.63, 3.8) is 0 Å². The summed E-state index contributed by atoms with van der Waals surface area (Å²) in [5.41, 5.74) is 3.66. The lowest BCUT2D eigenvalue weighted by molar-refractivity contribution is 0.102. The number of carbonyl (C=O) groups excluding carboxylic acids is 1. The molecule has 0 bridgehead atoms. The Morgan fingerprint density at radius 2 is 2.33 bits per heavy atom. The van der Waals surface area contributed by atoms with Gasteiger partial charge in [0.15, 0.2) is 0 Å². The van der Waals surface area contributed by atoms with E-state index in [0.717, 1.165) is 53.6 Å². The number of ketones is 1. The van der Waals surface area contributed by atoms with Gasteiger partial charge in [-0.3, -0.25) is 9.48 Å². The fourth-order valence-corrected chi connectivity index (χ4v) is 3.30. The molecule has 0 aliphatic carbocycles. The lowest BCUT2D eigenvalue weighted by Gasteiger charge is -2.20. The van der Waals surface area contributed by atoms with Crippen molar-refractivity contribution in [3.8, 4) is 0 Å². The maximum Gasteiger partial charge on any atom is 0.212 e. The number of aromatic nitrogens is 2. The molecule has 0 unspecified atom stereocenters. The zero-order valence-electron chi connectivity index (χ0n) is 12.0. The third-order valence-electron chi connectivity index (χ3n) is 3.78. The van der Waals surface area contributed by atoms with E-state index in [9.17, 15) is 4.79 Å². The molecule has 2 heterocycles. The number of fused-ring (bicyclic) bond motifs is 1. The predicted molar refractivity (Wildman–Crippen MR) is 86.9 cm³/mol. The summed E-state index contributed by atoms with van der Waals surface area (Å²) in [6.45, 7) is 3.81. The Kier molecular flexibility index (Phi) is 4.10. The third kappa shape index (κ3) is 2.62. The number of carbonyl (C=O) groups is 1. The number of rotatable bonds is 4. The Morgan fingerprint density at radius 1 is 1.48 bits per heavy atom. The molecule has 0 spiro atoms. The van der Waals surface area contributed by atoms with Gasteiger partial charge in [-0.2, -0.15) is 5.10 Å². The van der Waals surface area contributed by atoms with Crippen LogP contribution < -0.4 is 5.32 Å². The van der Waals surface area contributed by atoms with Crippen molar-refractivity contribution in [2.75, 3.05) is 11.9 Å². The molecule has 1 N–H and O–H groups in total. The summed E-state index contributed by atoms with van der Waals surface area (Å²) in [6, 6.07) is 5.91. The highest BCUT2D eigenvalue weighted by Crippen LogP contribution is 2.29. The van der Waals surface area contributed by atoms with Gasteiger partial charge < -0.3 is 5.32 Å². The summed E-state index contributed by atoms with van der Waals surface area (Å²) < 4.78 is 2.56. The zero-order chi connectivity index (χ0) is 14.8. The van der Waals surface area contributed by atoms with Crippen LogP contribution in [0.1, 0.15) is 41.4 Å². The van der Waals surface area contributed by atoms with Gasteiger partial charge in [-0.05, 0) is 46.8 Å². The summed E-state index contributed by atoms with van der Waals surface area (Å²) in [4.78, 5) is 13.0. The molecule has 1 aliphatic rings. The lowest BCUT2D eigenvalue weighted by Crippen LogP contribution is -2.18. The first-order valence-electron chi connectivity index (χ1n) is 7.34. The Labute approximate surface area is 132 Å². The number of hydrogen-bond donors (Lipinski definition) is 1. The minimum Gasteiger partial charge on any atom is -0.385 e. The van der Waals surface area contributed by atoms with Gasteiger partial charge in [-0.1, -0.05) is 19.1 Å². The largest absolute Gasteiger partial charge is 0.385 e. The molecule has 2 aromatic rings. The molecule has 1 aromatic heterocycles. The summed E-state index contributed by atoms with van der Waals surface area (Å²) in [7, 11) is 0. The first-order chi connectivity index (χ1) is 10.2. The molecule has 110 valence electrons. The number of benzene rings is 1. The summed E-state index contributed by atoms with van der Waals surface area (Å²) >= 11 is 3.46. The van der Waals surface area contributed by atoms with Crippen molar-refractivity contribution < 1.29 is 4.79 Å². The van der Waals surface area contributed by atoms with Crippen LogP contribution in [0.5, 0.6) is 0 Å². The Bertz CT molecular complexity index is 678. The van der Waals surface area contributed by atoms with E-state index in [1.54, 1.807) is 10.9 Å². The van der Waals surface area contributed by atoms with Gasteiger partial charge in [-0.15, -0.1) is 0 Å². The molecule has 1 aliphatic heterocycles. The number of hydrogen-bond acceptors (Lipinski definition) is 3. The van der Waals surface area contributed by atoms with Crippen LogP contribution in [0.2, 0.25) is 0 Å². The molecule has 4 nitrogen and oxygen atoms in total. The Morgan fingerprint density at radius 3 is 3.14 bits per heavy atom. The minimum atomic E-state index is 0.0494. The second-order valence-corrected chi connectivity index (χ2v) is 6.11. The van der Waals surface area contributed by atoms with Crippen molar-refractivity contribution in [3.05, 3.63) is 45.7 Å². The van der Waals surface area contributed by atoms with Crippen molar-refractivity contribution in [2.24, 2.45) is 0 Å². The standard InChI is InChI=1S/C16H18BrN3O/c1-2-9-20-15(13(17)10-19-20)16(21)12-5-3-7-14-11(12)6-4-8-18-14/h3,5,7,10,18H,2,4,6,8-9H2,1H3. The van der Waals surface area contributed by atoms with Gasteiger partial charge >= 0.3 is 0 Å². The summed E-state index contributed by atoms with van der Waals surface area (Å²) in [5, 5.41) is 7.67. The first-order valence-corrected chi connectivity index (χ1v) is 8.13. The number of halogens is 1. The SMILES string of the molecule is CCCn1ncc(Br)c1C(=O)c1cccc2c1CCCN2. The lowest BCUT2D eigenvalue weighted by atomic mass is 9.94. The van der Waals surface area contributed by atoms with Gasteiger partial charge in [0.05, 0.1) is 10.7 Å². The smallest absolute Gasteiger partial charge is 0.212 e. The Hall–Kier alpha value is -1.62. The molecule has 0 atom stereocenters. The highest BCUT2D eigenvalue weighted by Gasteiger charge is 2.23. The predicted octanol–water partition coefficient (Wildman–Crippen LogP) is 3.64. The molecule has 0 saturated carbocycles. The highest BCUT2D eigenvalue weighted by atomic mass is 79.9. The maximum absolute atomic E-state index is 13.0. The van der Waals surface area contributed by atoms with Gasteiger partial charge in [0.2, 0.25) is 5.78 Å². The van der Waals surface area contributed by atoms with Crippen molar-refractivity contribution in [1.29, 1.82) is 0 Å². The van der Waals surface area contributed by atoms with Crippen LogP contribution in [0.15, 0.2) is 28.9 Å². The normalized spacial score (nSPS) is 13.6. The summed E-state index contributed by atoms with van der Waals surface area (Å²) in [5.74, 6) is 0.0494. The molecule has 0 saturated heterocycles. The van der Waals surface area contributed by atoms with Crippen molar-refractivity contribution in [1.82, 2.24) is 9.78 Å². The molecule has 21 heavy (non-hydrogen) atoms. The van der Waals surface area contributed by atoms with E-state index in [1.165, 1.54) is 0 Å². The van der Waals surface area contributed by atoms with Gasteiger partial charge in [0.1, 0.15) is 5.69 Å². The van der Waals surface area contributed by atoms with Crippen LogP contribution in [-0.4, -0.2) is 22.1 Å². The second kappa shape index (κ2) is 6.02. The van der Waals surface area contributed by atoms with Crippen LogP contribution >= 0.6 is 15.9 Å². The summed E-state index contributed by atoms with van der Waals surface area (Å²) in [6.07, 6.45) is 4.66. The molecule has 0 amide bonds. The van der Waals surface area contributed by atoms with Crippen LogP contribution in [0.4, 0.5) is 5.69 Å². The monoisotopic (exact) mass is 347 g/mol. The van der Waals surface area contributed by atoms with E-state index in [0.29, 0.717) is 5.69 Å². The average Bonchev–Trinajstić information content (AvgIpc) is 2.87. The molecule has 3 rings (SSSR count). The van der Waals surface area contributed by atoms with E-state index < -0.39 is 0 Å².